The van der Waals surface area contributed by atoms with Gasteiger partial charge < -0.3 is 9.84 Å². The maximum atomic E-state index is 10.5. The first-order chi connectivity index (χ1) is 8.21. The fourth-order valence-electron chi connectivity index (χ4n) is 3.20. The normalized spacial score (nSPS) is 21.0. The summed E-state index contributed by atoms with van der Waals surface area (Å²) in [5, 5.41) is 10.5. The van der Waals surface area contributed by atoms with E-state index in [1.54, 1.807) is 0 Å². The molecule has 0 aromatic carbocycles. The van der Waals surface area contributed by atoms with Crippen LogP contribution in [0.5, 0.6) is 0 Å². The van der Waals surface area contributed by atoms with Crippen molar-refractivity contribution in [3.05, 3.63) is 0 Å². The van der Waals surface area contributed by atoms with Gasteiger partial charge in [-0.15, -0.1) is 0 Å². The van der Waals surface area contributed by atoms with Crippen LogP contribution in [0.1, 0.15) is 52.9 Å². The first kappa shape index (κ1) is 14.9. The van der Waals surface area contributed by atoms with Crippen molar-refractivity contribution in [1.29, 1.82) is 0 Å². The van der Waals surface area contributed by atoms with Gasteiger partial charge in [-0.3, -0.25) is 4.90 Å². The summed E-state index contributed by atoms with van der Waals surface area (Å²) in [7, 11) is 0. The number of nitrogens with zero attached hydrogens (tertiary/aromatic N) is 1. The van der Waals surface area contributed by atoms with E-state index in [2.05, 4.69) is 25.7 Å². The van der Waals surface area contributed by atoms with Crippen LogP contribution in [0, 0.1) is 0 Å². The highest BCUT2D eigenvalue weighted by Crippen LogP contribution is 2.38. The molecule has 0 aromatic heterocycles. The van der Waals surface area contributed by atoms with E-state index in [0.717, 1.165) is 39.0 Å². The zero-order chi connectivity index (χ0) is 12.7. The fraction of sp³-hybridized carbons (Fsp3) is 1.00. The summed E-state index contributed by atoms with van der Waals surface area (Å²) in [6.45, 7) is 9.74. The van der Waals surface area contributed by atoms with Crippen molar-refractivity contribution in [1.82, 2.24) is 4.90 Å². The molecule has 3 nitrogen and oxygen atoms in total. The van der Waals surface area contributed by atoms with Gasteiger partial charge in [0.25, 0.3) is 0 Å². The Morgan fingerprint density at radius 3 is 2.24 bits per heavy atom. The Bertz CT molecular complexity index is 198. The molecule has 17 heavy (non-hydrogen) atoms. The van der Waals surface area contributed by atoms with Crippen molar-refractivity contribution >= 4 is 0 Å². The molecule has 1 N–H and O–H groups in total. The van der Waals surface area contributed by atoms with E-state index in [9.17, 15) is 5.11 Å². The minimum Gasteiger partial charge on any atom is -0.389 e. The minimum atomic E-state index is -0.337. The number of likely N-dealkylation sites (N-methyl/N-ethyl adjacent to an activating group) is 1. The monoisotopic (exact) mass is 243 g/mol. The van der Waals surface area contributed by atoms with E-state index in [-0.39, 0.29) is 11.6 Å². The Kier molecular flexibility index (Phi) is 6.45. The summed E-state index contributed by atoms with van der Waals surface area (Å²) in [5.74, 6) is 0. The highest BCUT2D eigenvalue weighted by atomic mass is 16.5. The minimum absolute atomic E-state index is 0.0166. The van der Waals surface area contributed by atoms with Crippen LogP contribution < -0.4 is 0 Å². The number of aliphatic hydroxyl groups excluding tert-OH is 1. The predicted molar refractivity (Wildman–Crippen MR) is 71.2 cm³/mol. The Balaban J connectivity index is 2.62. The number of aliphatic hydroxyl groups is 1. The number of rotatable bonds is 8. The molecule has 0 saturated heterocycles. The third-order valence-electron chi connectivity index (χ3n) is 4.11. The summed E-state index contributed by atoms with van der Waals surface area (Å²) >= 11 is 0. The molecule has 0 heterocycles. The molecule has 0 aliphatic heterocycles. The fourth-order valence-corrected chi connectivity index (χ4v) is 3.20. The van der Waals surface area contributed by atoms with E-state index >= 15 is 0 Å². The molecule has 3 heteroatoms. The molecule has 0 bridgehead atoms. The van der Waals surface area contributed by atoms with Gasteiger partial charge in [0.05, 0.1) is 12.7 Å². The van der Waals surface area contributed by atoms with Crippen LogP contribution in [0.2, 0.25) is 0 Å². The Labute approximate surface area is 106 Å². The highest BCUT2D eigenvalue weighted by molar-refractivity contribution is 4.99. The van der Waals surface area contributed by atoms with Crippen molar-refractivity contribution in [3.8, 4) is 0 Å². The molecule has 0 radical (unpaired) electrons. The van der Waals surface area contributed by atoms with Gasteiger partial charge in [-0.1, -0.05) is 33.6 Å². The van der Waals surface area contributed by atoms with E-state index in [1.807, 2.05) is 0 Å². The molecular formula is C14H29NO2. The second-order valence-corrected chi connectivity index (χ2v) is 5.07. The Morgan fingerprint density at radius 2 is 1.76 bits per heavy atom. The number of hydrogen-bond donors (Lipinski definition) is 1. The van der Waals surface area contributed by atoms with Crippen LogP contribution in [-0.4, -0.2) is 48.0 Å². The molecule has 1 aliphatic carbocycles. The summed E-state index contributed by atoms with van der Waals surface area (Å²) in [4.78, 5) is 2.43. The van der Waals surface area contributed by atoms with Gasteiger partial charge in [-0.05, 0) is 32.4 Å². The number of hydrogen-bond acceptors (Lipinski definition) is 3. The predicted octanol–water partition coefficient (Wildman–Crippen LogP) is 2.43. The lowest BCUT2D eigenvalue weighted by Gasteiger charge is -2.43. The highest BCUT2D eigenvalue weighted by Gasteiger charge is 2.44. The standard InChI is InChI=1S/C14H29NO2/c1-4-11-17-12-13(16)14(9-7-8-10-14)15(5-2)6-3/h13,16H,4-12H2,1-3H3. The first-order valence-corrected chi connectivity index (χ1v) is 7.22. The van der Waals surface area contributed by atoms with Crippen LogP contribution in [-0.2, 0) is 4.74 Å². The van der Waals surface area contributed by atoms with Crippen molar-refractivity contribution in [3.63, 3.8) is 0 Å². The number of ether oxygens (including phenoxy) is 1. The topological polar surface area (TPSA) is 32.7 Å². The molecule has 0 aromatic rings. The van der Waals surface area contributed by atoms with Crippen molar-refractivity contribution < 1.29 is 9.84 Å². The summed E-state index contributed by atoms with van der Waals surface area (Å²) in [6.07, 6.45) is 5.39. The van der Waals surface area contributed by atoms with Crippen LogP contribution in [0.25, 0.3) is 0 Å². The smallest absolute Gasteiger partial charge is 0.0956 e. The summed E-state index contributed by atoms with van der Waals surface area (Å²) in [5.41, 5.74) is -0.0166. The maximum absolute atomic E-state index is 10.5. The first-order valence-electron chi connectivity index (χ1n) is 7.22. The van der Waals surface area contributed by atoms with Gasteiger partial charge in [0.1, 0.15) is 0 Å². The Morgan fingerprint density at radius 1 is 1.18 bits per heavy atom. The summed E-state index contributed by atoms with van der Waals surface area (Å²) < 4.78 is 5.54. The molecule has 1 rings (SSSR count). The lowest BCUT2D eigenvalue weighted by Crippen LogP contribution is -2.56. The van der Waals surface area contributed by atoms with Crippen molar-refractivity contribution in [2.75, 3.05) is 26.3 Å². The molecule has 1 saturated carbocycles. The lowest BCUT2D eigenvalue weighted by atomic mass is 9.88. The average Bonchev–Trinajstić information content (AvgIpc) is 2.81. The van der Waals surface area contributed by atoms with E-state index in [1.165, 1.54) is 12.8 Å². The second-order valence-electron chi connectivity index (χ2n) is 5.07. The molecule has 1 aliphatic rings. The quantitative estimate of drug-likeness (QED) is 0.665. The molecule has 0 amide bonds. The third-order valence-corrected chi connectivity index (χ3v) is 4.11. The Hall–Kier alpha value is -0.120. The van der Waals surface area contributed by atoms with Gasteiger partial charge >= 0.3 is 0 Å². The summed E-state index contributed by atoms with van der Waals surface area (Å²) in [6, 6.07) is 0. The van der Waals surface area contributed by atoms with E-state index in [0.29, 0.717) is 6.61 Å². The van der Waals surface area contributed by atoms with Gasteiger partial charge in [0, 0.05) is 12.1 Å². The largest absolute Gasteiger partial charge is 0.389 e. The van der Waals surface area contributed by atoms with Crippen LogP contribution in [0.15, 0.2) is 0 Å². The molecule has 1 fully saturated rings. The maximum Gasteiger partial charge on any atom is 0.0956 e. The SMILES string of the molecule is CCCOCC(O)C1(N(CC)CC)CCCC1. The molecule has 1 unspecified atom stereocenters. The van der Waals surface area contributed by atoms with Gasteiger partial charge in [-0.25, -0.2) is 0 Å². The molecular weight excluding hydrogens is 214 g/mol. The molecule has 0 spiro atoms. The van der Waals surface area contributed by atoms with Crippen LogP contribution in [0.4, 0.5) is 0 Å². The van der Waals surface area contributed by atoms with Crippen molar-refractivity contribution in [2.24, 2.45) is 0 Å². The van der Waals surface area contributed by atoms with Crippen LogP contribution >= 0.6 is 0 Å². The lowest BCUT2D eigenvalue weighted by molar-refractivity contribution is -0.0681. The van der Waals surface area contributed by atoms with Crippen LogP contribution in [0.3, 0.4) is 0 Å². The van der Waals surface area contributed by atoms with Gasteiger partial charge in [0.15, 0.2) is 0 Å². The molecule has 1 atom stereocenters. The molecule has 102 valence electrons. The zero-order valence-electron chi connectivity index (χ0n) is 11.7. The zero-order valence-corrected chi connectivity index (χ0v) is 11.7. The third kappa shape index (κ3) is 3.43. The van der Waals surface area contributed by atoms with Crippen molar-refractivity contribution in [2.45, 2.75) is 64.5 Å². The van der Waals surface area contributed by atoms with E-state index in [4.69, 9.17) is 4.74 Å². The van der Waals surface area contributed by atoms with E-state index < -0.39 is 0 Å². The van der Waals surface area contributed by atoms with Gasteiger partial charge in [0.2, 0.25) is 0 Å². The van der Waals surface area contributed by atoms with Gasteiger partial charge in [-0.2, -0.15) is 0 Å². The second kappa shape index (κ2) is 7.34. The average molecular weight is 243 g/mol.